The monoisotopic (exact) mass is 290 g/mol. The largest absolute Gasteiger partial charge is 0.416 e. The first-order chi connectivity index (χ1) is 8.95. The Kier molecular flexibility index (Phi) is 6.08. The van der Waals surface area contributed by atoms with Crippen LogP contribution < -0.4 is 10.6 Å². The van der Waals surface area contributed by atoms with E-state index in [9.17, 15) is 13.2 Å². The molecule has 0 aliphatic heterocycles. The molecular weight excluding hydrogens is 273 g/mol. The van der Waals surface area contributed by atoms with Crippen molar-refractivity contribution in [3.05, 3.63) is 35.4 Å². The van der Waals surface area contributed by atoms with Gasteiger partial charge in [-0.3, -0.25) is 0 Å². The lowest BCUT2D eigenvalue weighted by Crippen LogP contribution is -2.35. The Morgan fingerprint density at radius 3 is 2.53 bits per heavy atom. The van der Waals surface area contributed by atoms with Gasteiger partial charge in [-0.05, 0) is 30.3 Å². The van der Waals surface area contributed by atoms with Crippen LogP contribution in [0.5, 0.6) is 0 Å². The Balaban J connectivity index is 2.56. The first-order valence-corrected chi connectivity index (χ1v) is 6.52. The molecule has 0 aromatic heterocycles. The van der Waals surface area contributed by atoms with Crippen LogP contribution in [0.2, 0.25) is 0 Å². The fourth-order valence-electron chi connectivity index (χ4n) is 1.57. The molecule has 1 rings (SSSR count). The first kappa shape index (κ1) is 15.8. The normalized spacial score (nSPS) is 11.2. The summed E-state index contributed by atoms with van der Waals surface area (Å²) in [7, 11) is 0. The minimum atomic E-state index is -4.34. The summed E-state index contributed by atoms with van der Waals surface area (Å²) >= 11 is 5.00. The summed E-state index contributed by atoms with van der Waals surface area (Å²) in [6, 6.07) is 5.49. The van der Waals surface area contributed by atoms with Gasteiger partial charge in [-0.2, -0.15) is 13.2 Å². The van der Waals surface area contributed by atoms with Crippen LogP contribution in [-0.4, -0.2) is 11.7 Å². The Morgan fingerprint density at radius 1 is 1.21 bits per heavy atom. The van der Waals surface area contributed by atoms with E-state index in [1.54, 1.807) is 6.07 Å². The third-order valence-corrected chi connectivity index (χ3v) is 2.87. The molecule has 106 valence electrons. The van der Waals surface area contributed by atoms with Gasteiger partial charge in [0.1, 0.15) is 0 Å². The van der Waals surface area contributed by atoms with E-state index in [0.717, 1.165) is 25.5 Å². The molecule has 2 N–H and O–H groups in total. The quantitative estimate of drug-likeness (QED) is 0.641. The van der Waals surface area contributed by atoms with Crippen molar-refractivity contribution in [2.45, 2.75) is 32.5 Å². The molecule has 0 atom stereocenters. The number of benzene rings is 1. The summed E-state index contributed by atoms with van der Waals surface area (Å²) in [5.74, 6) is 0. The van der Waals surface area contributed by atoms with Crippen molar-refractivity contribution in [3.63, 3.8) is 0 Å². The minimum absolute atomic E-state index is 0.0631. The Bertz CT molecular complexity index is 419. The van der Waals surface area contributed by atoms with Crippen LogP contribution in [0.1, 0.15) is 30.9 Å². The highest BCUT2D eigenvalue weighted by molar-refractivity contribution is 7.80. The molecule has 0 aliphatic carbocycles. The van der Waals surface area contributed by atoms with Crippen molar-refractivity contribution in [2.75, 3.05) is 6.54 Å². The molecule has 0 heterocycles. The molecule has 19 heavy (non-hydrogen) atoms. The van der Waals surface area contributed by atoms with Gasteiger partial charge < -0.3 is 10.6 Å². The van der Waals surface area contributed by atoms with Crippen molar-refractivity contribution < 1.29 is 13.2 Å². The Morgan fingerprint density at radius 2 is 1.89 bits per heavy atom. The van der Waals surface area contributed by atoms with Crippen molar-refractivity contribution >= 4 is 17.3 Å². The predicted octanol–water partition coefficient (Wildman–Crippen LogP) is 3.47. The fourth-order valence-corrected chi connectivity index (χ4v) is 1.74. The molecule has 1 aromatic carbocycles. The van der Waals surface area contributed by atoms with E-state index in [4.69, 9.17) is 12.2 Å². The van der Waals surface area contributed by atoms with Crippen molar-refractivity contribution in [3.8, 4) is 0 Å². The second kappa shape index (κ2) is 7.33. The molecule has 0 saturated carbocycles. The number of hydrogen-bond acceptors (Lipinski definition) is 1. The molecule has 6 heteroatoms. The summed E-state index contributed by atoms with van der Waals surface area (Å²) < 4.78 is 38.2. The van der Waals surface area contributed by atoms with Gasteiger partial charge in [0.15, 0.2) is 5.11 Å². The van der Waals surface area contributed by atoms with E-state index in [2.05, 4.69) is 17.6 Å². The fraction of sp³-hybridized carbons (Fsp3) is 0.462. The third kappa shape index (κ3) is 5.46. The first-order valence-electron chi connectivity index (χ1n) is 6.12. The maximum Gasteiger partial charge on any atom is 0.416 e. The highest BCUT2D eigenvalue weighted by atomic mass is 32.1. The minimum Gasteiger partial charge on any atom is -0.363 e. The molecule has 1 aromatic rings. The molecular formula is C13H17F3N2S. The number of rotatable bonds is 5. The average molecular weight is 290 g/mol. The predicted molar refractivity (Wildman–Crippen MR) is 73.8 cm³/mol. The lowest BCUT2D eigenvalue weighted by atomic mass is 10.1. The molecule has 0 amide bonds. The van der Waals surface area contributed by atoms with Crippen LogP contribution >= 0.6 is 12.2 Å². The number of thiocarbonyl (C=S) groups is 1. The Hall–Kier alpha value is -1.30. The Labute approximate surface area is 116 Å². The van der Waals surface area contributed by atoms with E-state index in [-0.39, 0.29) is 12.1 Å². The van der Waals surface area contributed by atoms with Crippen LogP contribution in [0.4, 0.5) is 13.2 Å². The van der Waals surface area contributed by atoms with E-state index >= 15 is 0 Å². The molecule has 0 fully saturated rings. The molecule has 0 spiro atoms. The second-order valence-electron chi connectivity index (χ2n) is 4.12. The maximum atomic E-state index is 12.7. The molecule has 0 radical (unpaired) electrons. The second-order valence-corrected chi connectivity index (χ2v) is 4.53. The molecule has 0 aliphatic rings. The lowest BCUT2D eigenvalue weighted by molar-refractivity contribution is -0.138. The summed E-state index contributed by atoms with van der Waals surface area (Å²) in [6.07, 6.45) is -2.33. The average Bonchev–Trinajstić information content (AvgIpc) is 2.36. The number of alkyl halides is 3. The molecule has 2 nitrogen and oxygen atoms in total. The number of nitrogens with one attached hydrogen (secondary N) is 2. The summed E-state index contributed by atoms with van der Waals surface area (Å²) in [5.41, 5.74) is -0.437. The summed E-state index contributed by atoms with van der Waals surface area (Å²) in [6.45, 7) is 2.84. The topological polar surface area (TPSA) is 24.1 Å². The maximum absolute atomic E-state index is 12.7. The van der Waals surface area contributed by atoms with Crippen LogP contribution in [0, 0.1) is 0 Å². The zero-order chi connectivity index (χ0) is 14.3. The van der Waals surface area contributed by atoms with Crippen LogP contribution in [0.15, 0.2) is 24.3 Å². The third-order valence-electron chi connectivity index (χ3n) is 2.58. The van der Waals surface area contributed by atoms with Crippen molar-refractivity contribution in [2.24, 2.45) is 0 Å². The van der Waals surface area contributed by atoms with Crippen LogP contribution in [0.25, 0.3) is 0 Å². The van der Waals surface area contributed by atoms with E-state index in [1.807, 2.05) is 0 Å². The van der Waals surface area contributed by atoms with Gasteiger partial charge in [0.2, 0.25) is 0 Å². The lowest BCUT2D eigenvalue weighted by Gasteiger charge is -2.14. The van der Waals surface area contributed by atoms with Crippen LogP contribution in [0.3, 0.4) is 0 Å². The zero-order valence-corrected chi connectivity index (χ0v) is 11.5. The van der Waals surface area contributed by atoms with Gasteiger partial charge >= 0.3 is 6.18 Å². The standard InChI is InChI=1S/C13H17F3N2S/c1-2-3-8-17-12(19)18-9-10-6-4-5-7-11(10)13(14,15)16/h4-7H,2-3,8-9H2,1H3,(H2,17,18,19). The zero-order valence-electron chi connectivity index (χ0n) is 10.7. The highest BCUT2D eigenvalue weighted by Gasteiger charge is 2.32. The summed E-state index contributed by atoms with van der Waals surface area (Å²) in [4.78, 5) is 0. The molecule has 0 bridgehead atoms. The van der Waals surface area contributed by atoms with Crippen LogP contribution in [-0.2, 0) is 12.7 Å². The van der Waals surface area contributed by atoms with Crippen molar-refractivity contribution in [1.29, 1.82) is 0 Å². The molecule has 0 saturated heterocycles. The smallest absolute Gasteiger partial charge is 0.363 e. The highest BCUT2D eigenvalue weighted by Crippen LogP contribution is 2.31. The van der Waals surface area contributed by atoms with E-state index in [1.165, 1.54) is 12.1 Å². The van der Waals surface area contributed by atoms with Gasteiger partial charge in [-0.1, -0.05) is 31.5 Å². The number of halogens is 3. The molecule has 0 unspecified atom stereocenters. The van der Waals surface area contributed by atoms with Gasteiger partial charge in [-0.15, -0.1) is 0 Å². The van der Waals surface area contributed by atoms with Gasteiger partial charge in [0, 0.05) is 13.1 Å². The van der Waals surface area contributed by atoms with E-state index < -0.39 is 11.7 Å². The van der Waals surface area contributed by atoms with Gasteiger partial charge in [-0.25, -0.2) is 0 Å². The SMILES string of the molecule is CCCCNC(=S)NCc1ccccc1C(F)(F)F. The number of unbranched alkanes of at least 4 members (excludes halogenated alkanes) is 1. The van der Waals surface area contributed by atoms with Gasteiger partial charge in [0.25, 0.3) is 0 Å². The number of hydrogen-bond donors (Lipinski definition) is 2. The summed E-state index contributed by atoms with van der Waals surface area (Å²) in [5, 5.41) is 6.12. The van der Waals surface area contributed by atoms with Crippen molar-refractivity contribution in [1.82, 2.24) is 10.6 Å². The van der Waals surface area contributed by atoms with E-state index in [0.29, 0.717) is 5.11 Å². The van der Waals surface area contributed by atoms with Gasteiger partial charge in [0.05, 0.1) is 5.56 Å².